The standard InChI is InChI=1S/C53H77NO7/c1-30(8-19-47(58)59)41-17-18-42-49-44(28-46(57)52(41,42)5)50(3)21-20-37(26-34(50)27-45(49)56)61-23-22-54(7)35-12-9-32(10-13-35)40-29-51(4)43(24-31(2)53(51,6)60)39-15-11-33-25-36(55)14-16-38(33)48(39)40/h9-10,12-13,25,30-31,34,37,39-46,49,56-57,60H,8,11,14-24,26-29H2,1-7H3,(H,58,59)/t30-,31-,34+,37+,39?,40-,41?,42+,43?,44+,45-,46+,49+,50+,51+,52-,53+/m1/s1. The molecule has 61 heavy (non-hydrogen) atoms. The van der Waals surface area contributed by atoms with E-state index in [2.05, 4.69) is 77.8 Å². The van der Waals surface area contributed by atoms with Gasteiger partial charge in [-0.3, -0.25) is 9.59 Å². The van der Waals surface area contributed by atoms with Gasteiger partial charge >= 0.3 is 5.97 Å². The number of likely N-dealkylation sites (N-methyl/N-ethyl adjacent to an activating group) is 1. The SMILES string of the molecule is C[C@H](CCC(=O)O)C1CC[C@H]2[C@@H]3[C@H](O)C[C@@H]4C[C@@H](OCCN(C)c5ccc([C@H]6C[C@@]7(C)C(C[C@@H](C)[C@]7(C)O)C7CCC8=CC(=O)CCC8=C76)cc5)CC[C@]4(C)[C@H]3C[C@H](O)[C@]12C. The van der Waals surface area contributed by atoms with E-state index in [1.54, 1.807) is 5.57 Å². The lowest BCUT2D eigenvalue weighted by Gasteiger charge is -2.63. The molecule has 6 fully saturated rings. The largest absolute Gasteiger partial charge is 0.481 e. The third kappa shape index (κ3) is 6.96. The first-order valence-electron chi connectivity index (χ1n) is 24.6. The lowest BCUT2D eigenvalue weighted by molar-refractivity contribution is -0.209. The lowest BCUT2D eigenvalue weighted by atomic mass is 9.43. The number of carboxylic acid groups (broad SMARTS) is 1. The molecule has 8 heteroatoms. The Labute approximate surface area is 366 Å². The zero-order valence-corrected chi connectivity index (χ0v) is 38.4. The number of aliphatic hydroxyl groups excluding tert-OH is 2. The molecule has 0 heterocycles. The van der Waals surface area contributed by atoms with Crippen molar-refractivity contribution in [2.75, 3.05) is 25.1 Å². The second kappa shape index (κ2) is 15.9. The van der Waals surface area contributed by atoms with E-state index in [4.69, 9.17) is 4.74 Å². The van der Waals surface area contributed by atoms with Gasteiger partial charge in [-0.25, -0.2) is 0 Å². The molecular weight excluding hydrogens is 763 g/mol. The summed E-state index contributed by atoms with van der Waals surface area (Å²) in [5.41, 5.74) is 5.70. The third-order valence-electron chi connectivity index (χ3n) is 20.7. The van der Waals surface area contributed by atoms with Crippen molar-refractivity contribution in [2.24, 2.45) is 69.5 Å². The molecule has 0 amide bonds. The molecule has 1 aromatic carbocycles. The molecular formula is C53H77NO7. The van der Waals surface area contributed by atoms with Crippen LogP contribution in [0.1, 0.15) is 149 Å². The number of fused-ring (bicyclic) bond motifs is 9. The molecule has 17 atom stereocenters. The smallest absolute Gasteiger partial charge is 0.303 e. The number of allylic oxidation sites excluding steroid dienone is 4. The molecule has 8 nitrogen and oxygen atoms in total. The van der Waals surface area contributed by atoms with Crippen LogP contribution in [-0.2, 0) is 14.3 Å². The molecule has 0 saturated heterocycles. The Morgan fingerprint density at radius 3 is 2.43 bits per heavy atom. The van der Waals surface area contributed by atoms with E-state index in [1.165, 1.54) is 22.4 Å². The number of carbonyl (C=O) groups is 2. The van der Waals surface area contributed by atoms with Crippen LogP contribution in [0.3, 0.4) is 0 Å². The normalized spacial score (nSPS) is 45.7. The molecule has 0 bridgehead atoms. The van der Waals surface area contributed by atoms with Gasteiger partial charge in [0.15, 0.2) is 5.78 Å². The van der Waals surface area contributed by atoms with Gasteiger partial charge in [0.05, 0.1) is 30.5 Å². The van der Waals surface area contributed by atoms with Gasteiger partial charge in [-0.2, -0.15) is 0 Å². The second-order valence-electron chi connectivity index (χ2n) is 23.1. The maximum absolute atomic E-state index is 12.5. The Bertz CT molecular complexity index is 1920. The van der Waals surface area contributed by atoms with Crippen molar-refractivity contribution >= 4 is 17.4 Å². The highest BCUT2D eigenvalue weighted by Gasteiger charge is 2.66. The number of ketones is 1. The number of carbonyl (C=O) groups excluding carboxylic acids is 1. The van der Waals surface area contributed by atoms with E-state index in [1.807, 2.05) is 6.08 Å². The van der Waals surface area contributed by atoms with Crippen molar-refractivity contribution in [1.82, 2.24) is 0 Å². The monoisotopic (exact) mass is 840 g/mol. The minimum atomic E-state index is -0.750. The first-order valence-corrected chi connectivity index (χ1v) is 24.6. The first kappa shape index (κ1) is 43.7. The molecule has 8 aliphatic carbocycles. The lowest BCUT2D eigenvalue weighted by Crippen LogP contribution is -2.62. The number of aliphatic hydroxyl groups is 3. The van der Waals surface area contributed by atoms with Gasteiger partial charge in [0.25, 0.3) is 0 Å². The average molecular weight is 840 g/mol. The van der Waals surface area contributed by atoms with Crippen molar-refractivity contribution in [3.05, 3.63) is 52.6 Å². The number of nitrogens with zero attached hydrogens (tertiary/aromatic N) is 1. The number of rotatable bonds is 10. The summed E-state index contributed by atoms with van der Waals surface area (Å²) in [6, 6.07) is 9.18. The van der Waals surface area contributed by atoms with Crippen LogP contribution < -0.4 is 4.90 Å². The van der Waals surface area contributed by atoms with Gasteiger partial charge in [0, 0.05) is 43.5 Å². The Morgan fingerprint density at radius 2 is 1.69 bits per heavy atom. The highest BCUT2D eigenvalue weighted by atomic mass is 16.5. The number of hydrogen-bond acceptors (Lipinski definition) is 7. The van der Waals surface area contributed by atoms with Crippen LogP contribution in [0.15, 0.2) is 47.1 Å². The molecule has 336 valence electrons. The Morgan fingerprint density at radius 1 is 0.934 bits per heavy atom. The Hall–Kier alpha value is -2.52. The summed E-state index contributed by atoms with van der Waals surface area (Å²) in [4.78, 5) is 26.2. The molecule has 8 aliphatic rings. The number of carboxylic acids is 1. The quantitative estimate of drug-likeness (QED) is 0.184. The van der Waals surface area contributed by atoms with E-state index in [0.29, 0.717) is 37.2 Å². The van der Waals surface area contributed by atoms with Gasteiger partial charge < -0.3 is 30.1 Å². The molecule has 3 unspecified atom stereocenters. The van der Waals surface area contributed by atoms with Crippen LogP contribution in [-0.4, -0.2) is 76.3 Å². The van der Waals surface area contributed by atoms with E-state index < -0.39 is 17.7 Å². The van der Waals surface area contributed by atoms with Crippen molar-refractivity contribution in [3.63, 3.8) is 0 Å². The number of aliphatic carboxylic acids is 1. The molecule has 0 radical (unpaired) electrons. The summed E-state index contributed by atoms with van der Waals surface area (Å²) in [5, 5.41) is 45.3. The minimum absolute atomic E-state index is 0.0702. The van der Waals surface area contributed by atoms with E-state index in [9.17, 15) is 30.0 Å². The summed E-state index contributed by atoms with van der Waals surface area (Å²) < 4.78 is 6.67. The summed E-state index contributed by atoms with van der Waals surface area (Å²) in [7, 11) is 2.15. The van der Waals surface area contributed by atoms with Crippen LogP contribution in [0.2, 0.25) is 0 Å². The van der Waals surface area contributed by atoms with Crippen molar-refractivity contribution in [2.45, 2.75) is 168 Å². The van der Waals surface area contributed by atoms with Gasteiger partial charge in [0.2, 0.25) is 0 Å². The van der Waals surface area contributed by atoms with Crippen LogP contribution in [0, 0.1) is 69.5 Å². The van der Waals surface area contributed by atoms with Gasteiger partial charge in [-0.15, -0.1) is 0 Å². The minimum Gasteiger partial charge on any atom is -0.481 e. The van der Waals surface area contributed by atoms with Crippen molar-refractivity contribution in [1.29, 1.82) is 0 Å². The molecule has 0 aromatic heterocycles. The van der Waals surface area contributed by atoms with Gasteiger partial charge in [-0.05, 0) is 189 Å². The fourth-order valence-electron chi connectivity index (χ4n) is 16.8. The van der Waals surface area contributed by atoms with Crippen LogP contribution >= 0.6 is 0 Å². The van der Waals surface area contributed by atoms with Gasteiger partial charge in [-0.1, -0.05) is 52.3 Å². The van der Waals surface area contributed by atoms with Crippen molar-refractivity contribution < 1.29 is 34.8 Å². The Kier molecular flexibility index (Phi) is 11.4. The molecule has 9 rings (SSSR count). The summed E-state index contributed by atoms with van der Waals surface area (Å²) in [6.07, 6.45) is 14.2. The highest BCUT2D eigenvalue weighted by Crippen LogP contribution is 2.70. The van der Waals surface area contributed by atoms with Crippen LogP contribution in [0.5, 0.6) is 0 Å². The molecule has 0 spiro atoms. The summed E-state index contributed by atoms with van der Waals surface area (Å²) in [5.74, 6) is 2.56. The second-order valence-corrected chi connectivity index (χ2v) is 23.1. The number of anilines is 1. The van der Waals surface area contributed by atoms with Crippen LogP contribution in [0.25, 0.3) is 0 Å². The number of benzene rings is 1. The number of ether oxygens (including phenoxy) is 1. The molecule has 0 aliphatic heterocycles. The maximum atomic E-state index is 12.5. The topological polar surface area (TPSA) is 128 Å². The summed E-state index contributed by atoms with van der Waals surface area (Å²) in [6.45, 7) is 15.0. The van der Waals surface area contributed by atoms with E-state index in [0.717, 1.165) is 83.6 Å². The fourth-order valence-corrected chi connectivity index (χ4v) is 16.8. The maximum Gasteiger partial charge on any atom is 0.303 e. The molecule has 6 saturated carbocycles. The third-order valence-corrected chi connectivity index (χ3v) is 20.7. The van der Waals surface area contributed by atoms with E-state index in [-0.39, 0.29) is 82.1 Å². The molecule has 1 aromatic rings. The zero-order chi connectivity index (χ0) is 43.4. The first-order chi connectivity index (χ1) is 28.9. The summed E-state index contributed by atoms with van der Waals surface area (Å²) >= 11 is 0. The predicted octanol–water partition coefficient (Wildman–Crippen LogP) is 9.51. The number of hydrogen-bond donors (Lipinski definition) is 4. The average Bonchev–Trinajstić information content (AvgIpc) is 3.67. The predicted molar refractivity (Wildman–Crippen MR) is 239 cm³/mol. The van der Waals surface area contributed by atoms with Gasteiger partial charge in [0.1, 0.15) is 0 Å². The fraction of sp³-hybridized carbons (Fsp3) is 0.774. The highest BCUT2D eigenvalue weighted by molar-refractivity contribution is 5.93. The Balaban J connectivity index is 0.837. The zero-order valence-electron chi connectivity index (χ0n) is 38.4. The van der Waals surface area contributed by atoms with Crippen LogP contribution in [0.4, 0.5) is 5.69 Å². The molecule has 4 N–H and O–H groups in total. The van der Waals surface area contributed by atoms with E-state index >= 15 is 0 Å². The van der Waals surface area contributed by atoms with Crippen molar-refractivity contribution in [3.8, 4) is 0 Å².